The van der Waals surface area contributed by atoms with E-state index in [9.17, 15) is 18.5 Å². The predicted octanol–water partition coefficient (Wildman–Crippen LogP) is 0.875. The SMILES string of the molecule is CCN(CC)S(=O)(=O)N1CCN(CC(=O)N(C)C2(C#N)CCCCC2)CC1. The number of amides is 1. The van der Waals surface area contributed by atoms with Gasteiger partial charge in [0.1, 0.15) is 5.54 Å². The standard InChI is InChI=1S/C18H33N5O3S/c1-4-22(5-2)27(25,26)23-13-11-21(12-14-23)15-17(24)20(3)18(16-19)9-7-6-8-10-18/h4-15H2,1-3H3. The molecule has 1 aliphatic heterocycles. The summed E-state index contributed by atoms with van der Waals surface area (Å²) in [5.74, 6) is -0.0569. The van der Waals surface area contributed by atoms with Gasteiger partial charge in [0.15, 0.2) is 0 Å². The quantitative estimate of drug-likeness (QED) is 0.634. The number of carbonyl (C=O) groups is 1. The molecule has 1 heterocycles. The van der Waals surface area contributed by atoms with Crippen molar-refractivity contribution in [2.24, 2.45) is 0 Å². The fourth-order valence-corrected chi connectivity index (χ4v) is 5.63. The Bertz CT molecular complexity index is 642. The molecule has 2 fully saturated rings. The highest BCUT2D eigenvalue weighted by atomic mass is 32.2. The van der Waals surface area contributed by atoms with Crippen LogP contribution in [0.3, 0.4) is 0 Å². The molecule has 8 nitrogen and oxygen atoms in total. The number of nitriles is 1. The van der Waals surface area contributed by atoms with E-state index < -0.39 is 15.7 Å². The van der Waals surface area contributed by atoms with Crippen LogP contribution in [0.5, 0.6) is 0 Å². The third-order valence-corrected chi connectivity index (χ3v) is 8.14. The first kappa shape index (κ1) is 22.1. The van der Waals surface area contributed by atoms with Gasteiger partial charge in [0.2, 0.25) is 5.91 Å². The molecule has 9 heteroatoms. The van der Waals surface area contributed by atoms with E-state index in [1.165, 1.54) is 8.61 Å². The second-order valence-electron chi connectivity index (χ2n) is 7.42. The maximum absolute atomic E-state index is 12.7. The summed E-state index contributed by atoms with van der Waals surface area (Å²) >= 11 is 0. The number of piperazine rings is 1. The average Bonchev–Trinajstić information content (AvgIpc) is 2.69. The first-order valence-corrected chi connectivity index (χ1v) is 11.4. The van der Waals surface area contributed by atoms with E-state index >= 15 is 0 Å². The summed E-state index contributed by atoms with van der Waals surface area (Å²) in [6.07, 6.45) is 4.55. The number of carbonyl (C=O) groups excluding carboxylic acids is 1. The minimum Gasteiger partial charge on any atom is -0.326 e. The molecule has 1 aliphatic carbocycles. The molecule has 2 rings (SSSR count). The molecule has 0 aromatic heterocycles. The molecule has 0 radical (unpaired) electrons. The highest BCUT2D eigenvalue weighted by Crippen LogP contribution is 2.32. The highest BCUT2D eigenvalue weighted by molar-refractivity contribution is 7.86. The van der Waals surface area contributed by atoms with Crippen LogP contribution in [0.1, 0.15) is 46.0 Å². The Hall–Kier alpha value is -1.21. The van der Waals surface area contributed by atoms with Crippen molar-refractivity contribution < 1.29 is 13.2 Å². The van der Waals surface area contributed by atoms with Gasteiger partial charge in [-0.3, -0.25) is 9.69 Å². The second-order valence-corrected chi connectivity index (χ2v) is 9.35. The minimum absolute atomic E-state index is 0.0569. The third-order valence-electron chi connectivity index (χ3n) is 5.95. The van der Waals surface area contributed by atoms with Crippen molar-refractivity contribution in [3.05, 3.63) is 0 Å². The van der Waals surface area contributed by atoms with Gasteiger partial charge in [-0.1, -0.05) is 33.1 Å². The maximum Gasteiger partial charge on any atom is 0.282 e. The van der Waals surface area contributed by atoms with E-state index in [4.69, 9.17) is 0 Å². The molecule has 0 N–H and O–H groups in total. The number of nitrogens with zero attached hydrogens (tertiary/aromatic N) is 5. The fourth-order valence-electron chi connectivity index (χ4n) is 4.03. The average molecular weight is 400 g/mol. The molecular formula is C18H33N5O3S. The summed E-state index contributed by atoms with van der Waals surface area (Å²) in [5, 5.41) is 9.65. The zero-order valence-corrected chi connectivity index (χ0v) is 17.7. The summed E-state index contributed by atoms with van der Waals surface area (Å²) < 4.78 is 28.2. The van der Waals surface area contributed by atoms with E-state index in [1.807, 2.05) is 18.7 Å². The Morgan fingerprint density at radius 2 is 1.63 bits per heavy atom. The lowest BCUT2D eigenvalue weighted by molar-refractivity contribution is -0.136. The van der Waals surface area contributed by atoms with Crippen LogP contribution < -0.4 is 0 Å². The van der Waals surface area contributed by atoms with Crippen LogP contribution in [0.25, 0.3) is 0 Å². The van der Waals surface area contributed by atoms with Gasteiger partial charge in [-0.25, -0.2) is 0 Å². The summed E-state index contributed by atoms with van der Waals surface area (Å²) in [7, 11) is -1.69. The Balaban J connectivity index is 1.91. The molecule has 1 saturated heterocycles. The molecule has 27 heavy (non-hydrogen) atoms. The van der Waals surface area contributed by atoms with Crippen molar-refractivity contribution in [3.63, 3.8) is 0 Å². The summed E-state index contributed by atoms with van der Waals surface area (Å²) in [6.45, 7) is 6.65. The number of hydrogen-bond donors (Lipinski definition) is 0. The van der Waals surface area contributed by atoms with E-state index in [-0.39, 0.29) is 12.5 Å². The van der Waals surface area contributed by atoms with E-state index in [1.54, 1.807) is 11.9 Å². The van der Waals surface area contributed by atoms with Crippen LogP contribution in [0.4, 0.5) is 0 Å². The van der Waals surface area contributed by atoms with E-state index in [2.05, 4.69) is 6.07 Å². The minimum atomic E-state index is -3.42. The van der Waals surface area contributed by atoms with Crippen LogP contribution in [0.15, 0.2) is 0 Å². The molecule has 0 bridgehead atoms. The molecule has 1 amide bonds. The van der Waals surface area contributed by atoms with Gasteiger partial charge in [-0.05, 0) is 12.8 Å². The van der Waals surface area contributed by atoms with Gasteiger partial charge in [-0.15, -0.1) is 0 Å². The summed E-state index contributed by atoms with van der Waals surface area (Å²) in [5.41, 5.74) is -0.677. The maximum atomic E-state index is 12.7. The zero-order chi connectivity index (χ0) is 20.1. The lowest BCUT2D eigenvalue weighted by Crippen LogP contribution is -2.56. The molecule has 2 aliphatic rings. The smallest absolute Gasteiger partial charge is 0.282 e. The van der Waals surface area contributed by atoms with Crippen LogP contribution >= 0.6 is 0 Å². The molecular weight excluding hydrogens is 366 g/mol. The van der Waals surface area contributed by atoms with Crippen LogP contribution in [0, 0.1) is 11.3 Å². The zero-order valence-electron chi connectivity index (χ0n) is 16.9. The third kappa shape index (κ3) is 4.80. The molecule has 0 spiro atoms. The van der Waals surface area contributed by atoms with Crippen LogP contribution in [-0.4, -0.2) is 91.1 Å². The van der Waals surface area contributed by atoms with Crippen molar-refractivity contribution in [2.75, 3.05) is 52.9 Å². The van der Waals surface area contributed by atoms with Crippen molar-refractivity contribution in [2.45, 2.75) is 51.5 Å². The first-order chi connectivity index (χ1) is 12.8. The monoisotopic (exact) mass is 399 g/mol. The highest BCUT2D eigenvalue weighted by Gasteiger charge is 2.39. The van der Waals surface area contributed by atoms with Gasteiger partial charge >= 0.3 is 0 Å². The van der Waals surface area contributed by atoms with Crippen molar-refractivity contribution in [1.82, 2.24) is 18.4 Å². The van der Waals surface area contributed by atoms with Crippen LogP contribution in [0.2, 0.25) is 0 Å². The first-order valence-electron chi connectivity index (χ1n) is 9.96. The molecule has 1 saturated carbocycles. The molecule has 154 valence electrons. The van der Waals surface area contributed by atoms with E-state index in [0.29, 0.717) is 39.3 Å². The second kappa shape index (κ2) is 9.32. The molecule has 0 aromatic carbocycles. The Kier molecular flexibility index (Phi) is 7.63. The van der Waals surface area contributed by atoms with Gasteiger partial charge < -0.3 is 4.90 Å². The predicted molar refractivity (Wildman–Crippen MR) is 104 cm³/mol. The van der Waals surface area contributed by atoms with Crippen molar-refractivity contribution in [3.8, 4) is 6.07 Å². The van der Waals surface area contributed by atoms with E-state index in [0.717, 1.165) is 32.1 Å². The van der Waals surface area contributed by atoms with Crippen molar-refractivity contribution in [1.29, 1.82) is 5.26 Å². The van der Waals surface area contributed by atoms with Crippen molar-refractivity contribution >= 4 is 16.1 Å². The lowest BCUT2D eigenvalue weighted by Gasteiger charge is -2.41. The molecule has 0 unspecified atom stereocenters. The lowest BCUT2D eigenvalue weighted by atomic mass is 9.81. The Morgan fingerprint density at radius 1 is 1.07 bits per heavy atom. The number of hydrogen-bond acceptors (Lipinski definition) is 5. The fraction of sp³-hybridized carbons (Fsp3) is 0.889. The molecule has 0 atom stereocenters. The topological polar surface area (TPSA) is 88.0 Å². The molecule has 0 aromatic rings. The normalized spacial score (nSPS) is 21.7. The van der Waals surface area contributed by atoms with Crippen LogP contribution in [-0.2, 0) is 15.0 Å². The Labute approximate surface area is 163 Å². The number of rotatable bonds is 7. The summed E-state index contributed by atoms with van der Waals surface area (Å²) in [6, 6.07) is 2.38. The number of likely N-dealkylation sites (N-methyl/N-ethyl adjacent to an activating group) is 1. The largest absolute Gasteiger partial charge is 0.326 e. The van der Waals surface area contributed by atoms with Gasteiger partial charge in [-0.2, -0.15) is 22.3 Å². The van der Waals surface area contributed by atoms with Gasteiger partial charge in [0, 0.05) is 46.3 Å². The van der Waals surface area contributed by atoms with Gasteiger partial charge in [0.25, 0.3) is 10.2 Å². The van der Waals surface area contributed by atoms with Gasteiger partial charge in [0.05, 0.1) is 12.6 Å². The summed E-state index contributed by atoms with van der Waals surface area (Å²) in [4.78, 5) is 16.4. The Morgan fingerprint density at radius 3 is 2.11 bits per heavy atom.